The number of pyridine rings is 1. The Balaban J connectivity index is 2.01. The van der Waals surface area contributed by atoms with E-state index in [1.807, 2.05) is 30.3 Å². The molecule has 0 aliphatic heterocycles. The molecule has 2 amide bonds. The second-order valence-electron chi connectivity index (χ2n) is 5.12. The monoisotopic (exact) mass is 340 g/mol. The van der Waals surface area contributed by atoms with E-state index in [2.05, 4.69) is 20.8 Å². The van der Waals surface area contributed by atoms with Gasteiger partial charge in [0.05, 0.1) is 12.8 Å². The average molecular weight is 340 g/mol. The van der Waals surface area contributed by atoms with E-state index >= 15 is 0 Å². The number of carbonyl (C=O) groups is 2. The van der Waals surface area contributed by atoms with E-state index in [4.69, 9.17) is 4.74 Å². The summed E-state index contributed by atoms with van der Waals surface area (Å²) in [6.07, 6.45) is 4.45. The fraction of sp³-hybridized carbons (Fsp3) is 0.222. The summed E-state index contributed by atoms with van der Waals surface area (Å²) in [7, 11) is 0. The van der Waals surface area contributed by atoms with Gasteiger partial charge in [-0.15, -0.1) is 0 Å². The van der Waals surface area contributed by atoms with Crippen molar-refractivity contribution in [2.45, 2.75) is 19.4 Å². The molecule has 2 aromatic rings. The smallest absolute Gasteiger partial charge is 0.407 e. The lowest BCUT2D eigenvalue weighted by Gasteiger charge is -2.16. The number of hydrogen-bond donors (Lipinski definition) is 2. The van der Waals surface area contributed by atoms with Gasteiger partial charge in [0.1, 0.15) is 6.04 Å². The highest BCUT2D eigenvalue weighted by molar-refractivity contribution is 5.87. The first-order valence-electron chi connectivity index (χ1n) is 7.89. The van der Waals surface area contributed by atoms with Gasteiger partial charge in [0.25, 0.3) is 5.91 Å². The van der Waals surface area contributed by atoms with Crippen molar-refractivity contribution >= 4 is 18.2 Å². The van der Waals surface area contributed by atoms with Crippen LogP contribution in [-0.4, -0.2) is 35.8 Å². The number of amides is 2. The number of hydrazone groups is 1. The van der Waals surface area contributed by atoms with Crippen LogP contribution in [0.3, 0.4) is 0 Å². The molecule has 0 saturated carbocycles. The quantitative estimate of drug-likeness (QED) is 0.595. The van der Waals surface area contributed by atoms with Gasteiger partial charge in [0.15, 0.2) is 0 Å². The Morgan fingerprint density at radius 2 is 1.92 bits per heavy atom. The van der Waals surface area contributed by atoms with E-state index in [1.165, 1.54) is 6.21 Å². The Bertz CT molecular complexity index is 705. The minimum atomic E-state index is -0.795. The third-order valence-corrected chi connectivity index (χ3v) is 3.26. The summed E-state index contributed by atoms with van der Waals surface area (Å²) in [6.45, 7) is 1.93. The maximum Gasteiger partial charge on any atom is 0.407 e. The molecule has 0 saturated heterocycles. The molecule has 1 aromatic carbocycles. The SMILES string of the molecule is CCOC(=O)N[C@H](Cc1ccccc1)C(=O)N/N=C\c1ccncc1. The predicted octanol–water partition coefficient (Wildman–Crippen LogP) is 1.89. The zero-order valence-electron chi connectivity index (χ0n) is 13.9. The Hall–Kier alpha value is -3.22. The van der Waals surface area contributed by atoms with Crippen molar-refractivity contribution in [3.63, 3.8) is 0 Å². The second-order valence-corrected chi connectivity index (χ2v) is 5.12. The number of hydrogen-bond acceptors (Lipinski definition) is 5. The number of rotatable bonds is 7. The van der Waals surface area contributed by atoms with E-state index < -0.39 is 18.0 Å². The molecule has 2 N–H and O–H groups in total. The van der Waals surface area contributed by atoms with Crippen LogP contribution in [-0.2, 0) is 16.0 Å². The molecule has 0 unspecified atom stereocenters. The number of benzene rings is 1. The van der Waals surface area contributed by atoms with Gasteiger partial charge >= 0.3 is 6.09 Å². The predicted molar refractivity (Wildman–Crippen MR) is 94.1 cm³/mol. The van der Waals surface area contributed by atoms with Gasteiger partial charge in [0.2, 0.25) is 0 Å². The van der Waals surface area contributed by atoms with Gasteiger partial charge in [-0.3, -0.25) is 9.78 Å². The molecule has 130 valence electrons. The zero-order valence-corrected chi connectivity index (χ0v) is 13.9. The molecule has 2 rings (SSSR count). The minimum Gasteiger partial charge on any atom is -0.450 e. The lowest BCUT2D eigenvalue weighted by molar-refractivity contribution is -0.123. The summed E-state index contributed by atoms with van der Waals surface area (Å²) >= 11 is 0. The van der Waals surface area contributed by atoms with Crippen LogP contribution in [0.2, 0.25) is 0 Å². The first-order chi connectivity index (χ1) is 12.2. The molecule has 0 aliphatic rings. The van der Waals surface area contributed by atoms with E-state index in [1.54, 1.807) is 31.5 Å². The summed E-state index contributed by atoms with van der Waals surface area (Å²) < 4.78 is 4.86. The molecule has 0 bridgehead atoms. The summed E-state index contributed by atoms with van der Waals surface area (Å²) in [4.78, 5) is 28.0. The zero-order chi connectivity index (χ0) is 17.9. The van der Waals surface area contributed by atoms with Crippen LogP contribution >= 0.6 is 0 Å². The number of nitrogens with one attached hydrogen (secondary N) is 2. The third kappa shape index (κ3) is 6.42. The molecule has 1 aromatic heterocycles. The van der Waals surface area contributed by atoms with Crippen molar-refractivity contribution in [2.75, 3.05) is 6.61 Å². The van der Waals surface area contributed by atoms with Crippen LogP contribution < -0.4 is 10.7 Å². The number of carbonyl (C=O) groups excluding carboxylic acids is 2. The van der Waals surface area contributed by atoms with Gasteiger partial charge in [-0.25, -0.2) is 10.2 Å². The number of nitrogens with zero attached hydrogens (tertiary/aromatic N) is 2. The minimum absolute atomic E-state index is 0.228. The molecule has 0 radical (unpaired) electrons. The number of alkyl carbamates (subject to hydrolysis) is 1. The van der Waals surface area contributed by atoms with Gasteiger partial charge in [-0.2, -0.15) is 5.10 Å². The van der Waals surface area contributed by atoms with Crippen LogP contribution in [0.5, 0.6) is 0 Å². The van der Waals surface area contributed by atoms with Crippen molar-refractivity contribution in [3.8, 4) is 0 Å². The topological polar surface area (TPSA) is 92.7 Å². The molecule has 7 nitrogen and oxygen atoms in total. The van der Waals surface area contributed by atoms with Crippen molar-refractivity contribution in [1.82, 2.24) is 15.7 Å². The number of ether oxygens (including phenoxy) is 1. The Labute approximate surface area is 146 Å². The average Bonchev–Trinajstić information content (AvgIpc) is 2.63. The summed E-state index contributed by atoms with van der Waals surface area (Å²) in [6, 6.07) is 12.1. The van der Waals surface area contributed by atoms with E-state index in [0.717, 1.165) is 11.1 Å². The third-order valence-electron chi connectivity index (χ3n) is 3.26. The maximum absolute atomic E-state index is 12.4. The highest BCUT2D eigenvalue weighted by atomic mass is 16.5. The maximum atomic E-state index is 12.4. The van der Waals surface area contributed by atoms with Crippen molar-refractivity contribution in [2.24, 2.45) is 5.10 Å². The van der Waals surface area contributed by atoms with Crippen molar-refractivity contribution < 1.29 is 14.3 Å². The molecular weight excluding hydrogens is 320 g/mol. The second kappa shape index (κ2) is 9.82. The van der Waals surface area contributed by atoms with Crippen molar-refractivity contribution in [3.05, 3.63) is 66.0 Å². The molecule has 25 heavy (non-hydrogen) atoms. The molecular formula is C18H20N4O3. The first-order valence-corrected chi connectivity index (χ1v) is 7.89. The largest absolute Gasteiger partial charge is 0.450 e. The lowest BCUT2D eigenvalue weighted by atomic mass is 10.1. The number of aromatic nitrogens is 1. The van der Waals surface area contributed by atoms with Gasteiger partial charge in [-0.05, 0) is 30.2 Å². The highest BCUT2D eigenvalue weighted by Crippen LogP contribution is 2.04. The van der Waals surface area contributed by atoms with E-state index in [0.29, 0.717) is 6.42 Å². The van der Waals surface area contributed by atoms with Crippen LogP contribution in [0.15, 0.2) is 60.0 Å². The Kier molecular flexibility index (Phi) is 7.12. The molecule has 1 atom stereocenters. The first kappa shape index (κ1) is 18.1. The van der Waals surface area contributed by atoms with Gasteiger partial charge in [-0.1, -0.05) is 30.3 Å². The molecule has 0 fully saturated rings. The molecule has 0 spiro atoms. The van der Waals surface area contributed by atoms with E-state index in [9.17, 15) is 9.59 Å². The molecule has 0 aliphatic carbocycles. The van der Waals surface area contributed by atoms with Gasteiger partial charge in [0, 0.05) is 18.8 Å². The summed E-state index contributed by atoms with van der Waals surface area (Å²) in [5.41, 5.74) is 4.15. The van der Waals surface area contributed by atoms with Gasteiger partial charge < -0.3 is 10.1 Å². The Morgan fingerprint density at radius 3 is 2.60 bits per heavy atom. The summed E-state index contributed by atoms with van der Waals surface area (Å²) in [5.74, 6) is -0.429. The molecule has 7 heteroatoms. The van der Waals surface area contributed by atoms with Crippen LogP contribution in [0.4, 0.5) is 4.79 Å². The van der Waals surface area contributed by atoms with Crippen molar-refractivity contribution in [1.29, 1.82) is 0 Å². The van der Waals surface area contributed by atoms with Crippen LogP contribution in [0, 0.1) is 0 Å². The highest BCUT2D eigenvalue weighted by Gasteiger charge is 2.21. The van der Waals surface area contributed by atoms with Crippen LogP contribution in [0.25, 0.3) is 0 Å². The molecule has 1 heterocycles. The fourth-order valence-electron chi connectivity index (χ4n) is 2.07. The van der Waals surface area contributed by atoms with E-state index in [-0.39, 0.29) is 6.61 Å². The lowest BCUT2D eigenvalue weighted by Crippen LogP contribution is -2.47. The van der Waals surface area contributed by atoms with Crippen LogP contribution in [0.1, 0.15) is 18.1 Å². The normalized spacial score (nSPS) is 11.7. The Morgan fingerprint density at radius 1 is 1.20 bits per heavy atom. The standard InChI is InChI=1S/C18H20N4O3/c1-2-25-18(24)21-16(12-14-6-4-3-5-7-14)17(23)22-20-13-15-8-10-19-11-9-15/h3-11,13,16H,2,12H2,1H3,(H,21,24)(H,22,23)/b20-13-/t16-/m1/s1. The fourth-order valence-corrected chi connectivity index (χ4v) is 2.07. The summed E-state index contributed by atoms with van der Waals surface area (Å²) in [5, 5.41) is 6.47.